The van der Waals surface area contributed by atoms with Crippen LogP contribution in [0.25, 0.3) is 6.08 Å². The molecule has 3 heteroatoms. The summed E-state index contributed by atoms with van der Waals surface area (Å²) in [6.07, 6.45) is 6.02. The van der Waals surface area contributed by atoms with E-state index in [9.17, 15) is 0 Å². The molecule has 1 atom stereocenters. The molecular formula is C13H23N3. The molecule has 0 fully saturated rings. The summed E-state index contributed by atoms with van der Waals surface area (Å²) in [4.78, 5) is 4.20. The Balaban J connectivity index is 2.85. The van der Waals surface area contributed by atoms with Crippen molar-refractivity contribution in [3.63, 3.8) is 0 Å². The van der Waals surface area contributed by atoms with E-state index in [1.165, 1.54) is 11.3 Å². The van der Waals surface area contributed by atoms with Gasteiger partial charge in [-0.05, 0) is 40.3 Å². The standard InChI is InChI=1S/C13H23N3/c1-6-15-12(5)11(4)7-13-8-14-9-16(13)10(2)3/h7-10,12,15H,6H2,1-5H3. The van der Waals surface area contributed by atoms with Crippen LogP contribution in [0.2, 0.25) is 0 Å². The molecule has 1 rings (SSSR count). The SMILES string of the molecule is CCNC(C)C(C)=Cc1cncn1C(C)C. The van der Waals surface area contributed by atoms with E-state index in [4.69, 9.17) is 0 Å². The molecule has 1 heterocycles. The molecule has 0 aliphatic rings. The molecule has 0 radical (unpaired) electrons. The molecule has 0 amide bonds. The second kappa shape index (κ2) is 5.85. The fourth-order valence-electron chi connectivity index (χ4n) is 1.68. The fourth-order valence-corrected chi connectivity index (χ4v) is 1.68. The number of likely N-dealkylation sites (N-methyl/N-ethyl adjacent to an activating group) is 1. The lowest BCUT2D eigenvalue weighted by Crippen LogP contribution is -2.26. The Bertz CT molecular complexity index is 350. The molecule has 0 aromatic carbocycles. The van der Waals surface area contributed by atoms with E-state index in [2.05, 4.69) is 55.6 Å². The largest absolute Gasteiger partial charge is 0.329 e. The number of aromatic nitrogens is 2. The van der Waals surface area contributed by atoms with E-state index in [0.29, 0.717) is 12.1 Å². The fraction of sp³-hybridized carbons (Fsp3) is 0.615. The van der Waals surface area contributed by atoms with Gasteiger partial charge in [-0.15, -0.1) is 0 Å². The lowest BCUT2D eigenvalue weighted by Gasteiger charge is -2.14. The highest BCUT2D eigenvalue weighted by atomic mass is 15.1. The van der Waals surface area contributed by atoms with Crippen LogP contribution in [0.1, 0.15) is 46.4 Å². The van der Waals surface area contributed by atoms with Crippen LogP contribution in [-0.2, 0) is 0 Å². The highest BCUT2D eigenvalue weighted by Crippen LogP contribution is 2.13. The summed E-state index contributed by atoms with van der Waals surface area (Å²) in [5, 5.41) is 3.41. The Labute approximate surface area is 98.6 Å². The van der Waals surface area contributed by atoms with Crippen molar-refractivity contribution in [2.45, 2.75) is 46.7 Å². The predicted octanol–water partition coefficient (Wildman–Crippen LogP) is 2.87. The molecule has 0 bridgehead atoms. The average Bonchev–Trinajstić information content (AvgIpc) is 2.66. The highest BCUT2D eigenvalue weighted by Gasteiger charge is 2.06. The quantitative estimate of drug-likeness (QED) is 0.828. The van der Waals surface area contributed by atoms with E-state index in [1.807, 2.05) is 12.5 Å². The Kier molecular flexibility index (Phi) is 4.74. The van der Waals surface area contributed by atoms with E-state index in [0.717, 1.165) is 6.54 Å². The number of nitrogens with one attached hydrogen (secondary N) is 1. The first-order valence-corrected chi connectivity index (χ1v) is 5.99. The van der Waals surface area contributed by atoms with Crippen LogP contribution in [0.15, 0.2) is 18.1 Å². The van der Waals surface area contributed by atoms with Gasteiger partial charge in [0.05, 0.1) is 18.2 Å². The summed E-state index contributed by atoms with van der Waals surface area (Å²) < 4.78 is 2.18. The summed E-state index contributed by atoms with van der Waals surface area (Å²) in [7, 11) is 0. The summed E-state index contributed by atoms with van der Waals surface area (Å²) in [5.74, 6) is 0. The van der Waals surface area contributed by atoms with Gasteiger partial charge in [0, 0.05) is 12.1 Å². The summed E-state index contributed by atoms with van der Waals surface area (Å²) in [6.45, 7) is 11.8. The van der Waals surface area contributed by atoms with Gasteiger partial charge in [0.15, 0.2) is 0 Å². The van der Waals surface area contributed by atoms with Crippen molar-refractivity contribution in [3.05, 3.63) is 23.8 Å². The average molecular weight is 221 g/mol. The molecule has 0 aliphatic heterocycles. The van der Waals surface area contributed by atoms with E-state index >= 15 is 0 Å². The van der Waals surface area contributed by atoms with Crippen LogP contribution in [0.3, 0.4) is 0 Å². The zero-order chi connectivity index (χ0) is 12.1. The zero-order valence-electron chi connectivity index (χ0n) is 11.0. The van der Waals surface area contributed by atoms with Crippen LogP contribution in [-0.4, -0.2) is 22.1 Å². The van der Waals surface area contributed by atoms with E-state index in [1.54, 1.807) is 0 Å². The van der Waals surface area contributed by atoms with Crippen LogP contribution < -0.4 is 5.32 Å². The number of nitrogens with zero attached hydrogens (tertiary/aromatic N) is 2. The molecule has 16 heavy (non-hydrogen) atoms. The monoisotopic (exact) mass is 221 g/mol. The Morgan fingerprint density at radius 1 is 1.50 bits per heavy atom. The summed E-state index contributed by atoms with van der Waals surface area (Å²) >= 11 is 0. The van der Waals surface area contributed by atoms with Crippen LogP contribution in [0, 0.1) is 0 Å². The second-order valence-electron chi connectivity index (χ2n) is 4.49. The molecule has 1 unspecified atom stereocenters. The third kappa shape index (κ3) is 3.20. The zero-order valence-corrected chi connectivity index (χ0v) is 11.0. The Morgan fingerprint density at radius 2 is 2.19 bits per heavy atom. The van der Waals surface area contributed by atoms with Crippen LogP contribution >= 0.6 is 0 Å². The summed E-state index contributed by atoms with van der Waals surface area (Å²) in [6, 6.07) is 0.872. The minimum absolute atomic E-state index is 0.417. The first kappa shape index (κ1) is 13.0. The summed E-state index contributed by atoms with van der Waals surface area (Å²) in [5.41, 5.74) is 2.52. The van der Waals surface area contributed by atoms with Crippen molar-refractivity contribution in [2.24, 2.45) is 0 Å². The Hall–Kier alpha value is -1.09. The van der Waals surface area contributed by atoms with Crippen molar-refractivity contribution in [1.29, 1.82) is 0 Å². The number of rotatable bonds is 5. The van der Waals surface area contributed by atoms with Crippen molar-refractivity contribution in [1.82, 2.24) is 14.9 Å². The molecule has 1 N–H and O–H groups in total. The molecule has 0 spiro atoms. The van der Waals surface area contributed by atoms with E-state index < -0.39 is 0 Å². The maximum atomic E-state index is 4.20. The number of hydrogen-bond acceptors (Lipinski definition) is 2. The van der Waals surface area contributed by atoms with Gasteiger partial charge in [0.1, 0.15) is 0 Å². The van der Waals surface area contributed by atoms with Gasteiger partial charge in [-0.3, -0.25) is 0 Å². The van der Waals surface area contributed by atoms with Crippen LogP contribution in [0.4, 0.5) is 0 Å². The van der Waals surface area contributed by atoms with Crippen molar-refractivity contribution in [2.75, 3.05) is 6.54 Å². The third-order valence-corrected chi connectivity index (χ3v) is 2.82. The Morgan fingerprint density at radius 3 is 2.75 bits per heavy atom. The highest BCUT2D eigenvalue weighted by molar-refractivity contribution is 5.49. The maximum absolute atomic E-state index is 4.20. The first-order valence-electron chi connectivity index (χ1n) is 5.99. The van der Waals surface area contributed by atoms with Gasteiger partial charge in [0.2, 0.25) is 0 Å². The predicted molar refractivity (Wildman–Crippen MR) is 69.4 cm³/mol. The van der Waals surface area contributed by atoms with Crippen molar-refractivity contribution >= 4 is 6.08 Å². The molecular weight excluding hydrogens is 198 g/mol. The number of hydrogen-bond donors (Lipinski definition) is 1. The van der Waals surface area contributed by atoms with Gasteiger partial charge in [-0.25, -0.2) is 4.98 Å². The molecule has 0 aliphatic carbocycles. The minimum Gasteiger partial charge on any atom is -0.329 e. The lowest BCUT2D eigenvalue weighted by molar-refractivity contribution is 0.593. The maximum Gasteiger partial charge on any atom is 0.0953 e. The smallest absolute Gasteiger partial charge is 0.0953 e. The normalized spacial score (nSPS) is 14.5. The van der Waals surface area contributed by atoms with E-state index in [-0.39, 0.29) is 0 Å². The first-order chi connectivity index (χ1) is 7.56. The van der Waals surface area contributed by atoms with Gasteiger partial charge in [-0.2, -0.15) is 0 Å². The van der Waals surface area contributed by atoms with Gasteiger partial charge in [-0.1, -0.05) is 12.5 Å². The lowest BCUT2D eigenvalue weighted by atomic mass is 10.1. The third-order valence-electron chi connectivity index (χ3n) is 2.82. The molecule has 3 nitrogen and oxygen atoms in total. The van der Waals surface area contributed by atoms with Crippen LogP contribution in [0.5, 0.6) is 0 Å². The second-order valence-corrected chi connectivity index (χ2v) is 4.49. The molecule has 0 saturated heterocycles. The number of imidazole rings is 1. The van der Waals surface area contributed by atoms with Gasteiger partial charge >= 0.3 is 0 Å². The minimum atomic E-state index is 0.417. The molecule has 90 valence electrons. The van der Waals surface area contributed by atoms with Crippen molar-refractivity contribution in [3.8, 4) is 0 Å². The molecule has 1 aromatic rings. The topological polar surface area (TPSA) is 29.9 Å². The molecule has 1 aromatic heterocycles. The van der Waals surface area contributed by atoms with Gasteiger partial charge < -0.3 is 9.88 Å². The van der Waals surface area contributed by atoms with Gasteiger partial charge in [0.25, 0.3) is 0 Å². The molecule has 0 saturated carbocycles. The van der Waals surface area contributed by atoms with Crippen molar-refractivity contribution < 1.29 is 0 Å².